The van der Waals surface area contributed by atoms with Gasteiger partial charge in [0.2, 0.25) is 5.91 Å². The lowest BCUT2D eigenvalue weighted by Crippen LogP contribution is -2.30. The molecule has 2 amide bonds. The largest absolute Gasteiger partial charge is 0.497 e. The molecule has 2 aromatic carbocycles. The van der Waals surface area contributed by atoms with Gasteiger partial charge in [0.05, 0.1) is 12.7 Å². The third kappa shape index (κ3) is 5.34. The molecule has 0 radical (unpaired) electrons. The van der Waals surface area contributed by atoms with Crippen LogP contribution in [0.5, 0.6) is 5.75 Å². The first-order chi connectivity index (χ1) is 12.4. The summed E-state index contributed by atoms with van der Waals surface area (Å²) in [6.07, 6.45) is -0.973. The minimum atomic E-state index is -0.973. The second-order valence-electron chi connectivity index (χ2n) is 5.52. The number of esters is 1. The summed E-state index contributed by atoms with van der Waals surface area (Å²) in [4.78, 5) is 35.2. The van der Waals surface area contributed by atoms with Crippen molar-refractivity contribution >= 4 is 29.2 Å². The summed E-state index contributed by atoms with van der Waals surface area (Å²) >= 11 is 0. The predicted molar refractivity (Wildman–Crippen MR) is 97.2 cm³/mol. The molecule has 2 aromatic rings. The minimum Gasteiger partial charge on any atom is -0.497 e. The van der Waals surface area contributed by atoms with Crippen LogP contribution in [0.2, 0.25) is 0 Å². The van der Waals surface area contributed by atoms with E-state index in [0.717, 1.165) is 0 Å². The molecule has 0 bridgehead atoms. The fourth-order valence-electron chi connectivity index (χ4n) is 2.09. The molecule has 26 heavy (non-hydrogen) atoms. The Balaban J connectivity index is 1.91. The Kier molecular flexibility index (Phi) is 6.32. The van der Waals surface area contributed by atoms with Gasteiger partial charge in [0.25, 0.3) is 5.91 Å². The number of amides is 2. The molecular weight excluding hydrogens is 336 g/mol. The van der Waals surface area contributed by atoms with Crippen LogP contribution in [0.25, 0.3) is 0 Å². The molecular formula is C19H20N2O5. The molecule has 0 aliphatic carbocycles. The van der Waals surface area contributed by atoms with E-state index in [1.807, 2.05) is 0 Å². The highest BCUT2D eigenvalue weighted by Crippen LogP contribution is 2.15. The number of carbonyl (C=O) groups excluding carboxylic acids is 3. The van der Waals surface area contributed by atoms with Crippen LogP contribution >= 0.6 is 0 Å². The van der Waals surface area contributed by atoms with Crippen LogP contribution < -0.4 is 15.4 Å². The molecule has 136 valence electrons. The Morgan fingerprint density at radius 1 is 0.885 bits per heavy atom. The second kappa shape index (κ2) is 8.66. The summed E-state index contributed by atoms with van der Waals surface area (Å²) < 4.78 is 10.2. The minimum absolute atomic E-state index is 0.180. The number of hydrogen-bond donors (Lipinski definition) is 2. The smallest absolute Gasteiger partial charge is 0.338 e. The van der Waals surface area contributed by atoms with Gasteiger partial charge in [-0.3, -0.25) is 9.59 Å². The molecule has 2 rings (SSSR count). The summed E-state index contributed by atoms with van der Waals surface area (Å²) in [5, 5.41) is 5.28. The normalized spacial score (nSPS) is 11.2. The third-order valence-corrected chi connectivity index (χ3v) is 3.45. The molecule has 2 N–H and O–H groups in total. The summed E-state index contributed by atoms with van der Waals surface area (Å²) in [5.41, 5.74) is 1.47. The fraction of sp³-hybridized carbons (Fsp3) is 0.211. The van der Waals surface area contributed by atoms with E-state index in [1.54, 1.807) is 48.5 Å². The highest BCUT2D eigenvalue weighted by atomic mass is 16.5. The number of nitrogens with one attached hydrogen (secondary N) is 2. The maximum absolute atomic E-state index is 12.2. The van der Waals surface area contributed by atoms with Gasteiger partial charge >= 0.3 is 5.97 Å². The summed E-state index contributed by atoms with van der Waals surface area (Å²) in [6, 6.07) is 13.0. The Morgan fingerprint density at radius 2 is 1.42 bits per heavy atom. The quantitative estimate of drug-likeness (QED) is 0.776. The lowest BCUT2D eigenvalue weighted by Gasteiger charge is -2.14. The first-order valence-electron chi connectivity index (χ1n) is 7.92. The SMILES string of the molecule is COc1ccc(C(=O)O[C@H](C)C(=O)Nc2ccc(NC(C)=O)cc2)cc1. The molecule has 7 heteroatoms. The monoisotopic (exact) mass is 356 g/mol. The van der Waals surface area contributed by atoms with E-state index < -0.39 is 18.0 Å². The average molecular weight is 356 g/mol. The molecule has 0 aromatic heterocycles. The van der Waals surface area contributed by atoms with Crippen molar-refractivity contribution in [1.82, 2.24) is 0 Å². The van der Waals surface area contributed by atoms with Crippen LogP contribution in [0.3, 0.4) is 0 Å². The number of ether oxygens (including phenoxy) is 2. The van der Waals surface area contributed by atoms with Gasteiger partial charge in [-0.15, -0.1) is 0 Å². The van der Waals surface area contributed by atoms with Crippen molar-refractivity contribution in [2.75, 3.05) is 17.7 Å². The predicted octanol–water partition coefficient (Wildman–Crippen LogP) is 2.84. The standard InChI is InChI=1S/C19H20N2O5/c1-12(26-19(24)14-4-10-17(25-3)11-5-14)18(23)21-16-8-6-15(7-9-16)20-13(2)22/h4-12H,1-3H3,(H,20,22)(H,21,23)/t12-/m1/s1. The molecule has 0 aliphatic rings. The van der Waals surface area contributed by atoms with Crippen molar-refractivity contribution in [2.45, 2.75) is 20.0 Å². The van der Waals surface area contributed by atoms with Crippen molar-refractivity contribution in [3.63, 3.8) is 0 Å². The van der Waals surface area contributed by atoms with E-state index in [1.165, 1.54) is 21.0 Å². The van der Waals surface area contributed by atoms with E-state index in [9.17, 15) is 14.4 Å². The second-order valence-corrected chi connectivity index (χ2v) is 5.52. The van der Waals surface area contributed by atoms with Crippen LogP contribution in [0.4, 0.5) is 11.4 Å². The summed E-state index contributed by atoms with van der Waals surface area (Å²) in [7, 11) is 1.53. The Hall–Kier alpha value is -3.35. The van der Waals surface area contributed by atoms with E-state index in [-0.39, 0.29) is 5.91 Å². The summed E-state index contributed by atoms with van der Waals surface area (Å²) in [6.45, 7) is 2.90. The number of benzene rings is 2. The maximum Gasteiger partial charge on any atom is 0.338 e. The lowest BCUT2D eigenvalue weighted by molar-refractivity contribution is -0.123. The lowest BCUT2D eigenvalue weighted by atomic mass is 10.2. The summed E-state index contributed by atoms with van der Waals surface area (Å²) in [5.74, 6) is -0.619. The van der Waals surface area contributed by atoms with Crippen LogP contribution in [-0.4, -0.2) is 31.0 Å². The molecule has 0 heterocycles. The number of rotatable bonds is 6. The topological polar surface area (TPSA) is 93.7 Å². The van der Waals surface area contributed by atoms with E-state index in [0.29, 0.717) is 22.7 Å². The van der Waals surface area contributed by atoms with Crippen LogP contribution in [-0.2, 0) is 14.3 Å². The molecule has 1 atom stereocenters. The van der Waals surface area contributed by atoms with Gasteiger partial charge in [0, 0.05) is 18.3 Å². The van der Waals surface area contributed by atoms with Crippen molar-refractivity contribution in [3.8, 4) is 5.75 Å². The van der Waals surface area contributed by atoms with Crippen LogP contribution in [0.15, 0.2) is 48.5 Å². The molecule has 0 saturated heterocycles. The fourth-order valence-corrected chi connectivity index (χ4v) is 2.09. The molecule has 0 unspecified atom stereocenters. The molecule has 7 nitrogen and oxygen atoms in total. The zero-order valence-electron chi connectivity index (χ0n) is 14.7. The van der Waals surface area contributed by atoms with Gasteiger partial charge < -0.3 is 20.1 Å². The molecule has 0 spiro atoms. The van der Waals surface area contributed by atoms with Crippen molar-refractivity contribution in [1.29, 1.82) is 0 Å². The van der Waals surface area contributed by atoms with Crippen molar-refractivity contribution in [2.24, 2.45) is 0 Å². The van der Waals surface area contributed by atoms with Crippen LogP contribution in [0, 0.1) is 0 Å². The van der Waals surface area contributed by atoms with Gasteiger partial charge in [-0.25, -0.2) is 4.79 Å². The molecule has 0 saturated carbocycles. The zero-order chi connectivity index (χ0) is 19.1. The van der Waals surface area contributed by atoms with Crippen molar-refractivity contribution < 1.29 is 23.9 Å². The van der Waals surface area contributed by atoms with Crippen molar-refractivity contribution in [3.05, 3.63) is 54.1 Å². The van der Waals surface area contributed by atoms with E-state index >= 15 is 0 Å². The Bertz CT molecular complexity index is 785. The van der Waals surface area contributed by atoms with Gasteiger partial charge in [-0.2, -0.15) is 0 Å². The highest BCUT2D eigenvalue weighted by Gasteiger charge is 2.19. The van der Waals surface area contributed by atoms with E-state index in [2.05, 4.69) is 10.6 Å². The Labute approximate surface area is 151 Å². The number of carbonyl (C=O) groups is 3. The first kappa shape index (κ1) is 19.0. The molecule has 0 aliphatic heterocycles. The highest BCUT2D eigenvalue weighted by molar-refractivity contribution is 5.97. The Morgan fingerprint density at radius 3 is 1.92 bits per heavy atom. The van der Waals surface area contributed by atoms with Gasteiger partial charge in [0.15, 0.2) is 6.10 Å². The van der Waals surface area contributed by atoms with Gasteiger partial charge in [-0.05, 0) is 55.5 Å². The van der Waals surface area contributed by atoms with E-state index in [4.69, 9.17) is 9.47 Å². The number of methoxy groups -OCH3 is 1. The number of hydrogen-bond acceptors (Lipinski definition) is 5. The number of anilines is 2. The maximum atomic E-state index is 12.2. The first-order valence-corrected chi connectivity index (χ1v) is 7.92. The van der Waals surface area contributed by atoms with Gasteiger partial charge in [0.1, 0.15) is 5.75 Å². The van der Waals surface area contributed by atoms with Crippen LogP contribution in [0.1, 0.15) is 24.2 Å². The third-order valence-electron chi connectivity index (χ3n) is 3.45. The molecule has 0 fully saturated rings. The zero-order valence-corrected chi connectivity index (χ0v) is 14.7. The van der Waals surface area contributed by atoms with Gasteiger partial charge in [-0.1, -0.05) is 0 Å². The average Bonchev–Trinajstić information content (AvgIpc) is 2.62.